The topological polar surface area (TPSA) is 12.0 Å². The maximum Gasteiger partial charge on any atom is 0.164 e. The van der Waals surface area contributed by atoms with E-state index in [1.165, 1.54) is 19.1 Å². The first-order valence-electron chi connectivity index (χ1n) is 5.75. The standard InChI is InChI=1S/C14H10BrF4N/c1-7(8-3-2-4-10(16)14(8)19)20-13-6-11(17)9(15)5-12(13)18/h2-7,20H,1H3. The summed E-state index contributed by atoms with van der Waals surface area (Å²) in [6, 6.07) is 4.92. The molecule has 0 aliphatic carbocycles. The molecular weight excluding hydrogens is 338 g/mol. The van der Waals surface area contributed by atoms with Crippen LogP contribution in [-0.2, 0) is 0 Å². The number of rotatable bonds is 3. The van der Waals surface area contributed by atoms with Gasteiger partial charge in [0.05, 0.1) is 16.2 Å². The molecule has 0 saturated carbocycles. The maximum absolute atomic E-state index is 13.7. The third kappa shape index (κ3) is 2.95. The van der Waals surface area contributed by atoms with Crippen LogP contribution in [0.1, 0.15) is 18.5 Å². The monoisotopic (exact) mass is 347 g/mol. The van der Waals surface area contributed by atoms with Gasteiger partial charge < -0.3 is 5.32 Å². The average Bonchev–Trinajstić information content (AvgIpc) is 2.39. The molecule has 0 aliphatic heterocycles. The van der Waals surface area contributed by atoms with E-state index >= 15 is 0 Å². The van der Waals surface area contributed by atoms with Gasteiger partial charge in [-0.15, -0.1) is 0 Å². The number of anilines is 1. The van der Waals surface area contributed by atoms with Crippen LogP contribution in [0.25, 0.3) is 0 Å². The second kappa shape index (κ2) is 5.83. The van der Waals surface area contributed by atoms with Crippen LogP contribution in [0.3, 0.4) is 0 Å². The highest BCUT2D eigenvalue weighted by atomic mass is 79.9. The second-order valence-corrected chi connectivity index (χ2v) is 5.11. The average molecular weight is 348 g/mol. The molecule has 0 radical (unpaired) electrons. The summed E-state index contributed by atoms with van der Waals surface area (Å²) in [7, 11) is 0. The molecule has 1 unspecified atom stereocenters. The Morgan fingerprint density at radius 2 is 1.70 bits per heavy atom. The minimum atomic E-state index is -1.01. The van der Waals surface area contributed by atoms with Crippen molar-refractivity contribution in [1.29, 1.82) is 0 Å². The summed E-state index contributed by atoms with van der Waals surface area (Å²) in [5.41, 5.74) is -0.0883. The number of hydrogen-bond donors (Lipinski definition) is 1. The van der Waals surface area contributed by atoms with Crippen LogP contribution in [0, 0.1) is 23.3 Å². The molecule has 6 heteroatoms. The molecule has 0 aromatic heterocycles. The fraction of sp³-hybridized carbons (Fsp3) is 0.143. The predicted octanol–water partition coefficient (Wildman–Crippen LogP) is 5.18. The van der Waals surface area contributed by atoms with Gasteiger partial charge in [0.15, 0.2) is 11.6 Å². The van der Waals surface area contributed by atoms with E-state index in [0.717, 1.165) is 18.2 Å². The Bertz CT molecular complexity index is 645. The lowest BCUT2D eigenvalue weighted by molar-refractivity contribution is 0.494. The highest BCUT2D eigenvalue weighted by molar-refractivity contribution is 9.10. The van der Waals surface area contributed by atoms with E-state index in [0.29, 0.717) is 0 Å². The summed E-state index contributed by atoms with van der Waals surface area (Å²) in [5, 5.41) is 2.62. The van der Waals surface area contributed by atoms with Gasteiger partial charge in [0, 0.05) is 11.6 Å². The Morgan fingerprint density at radius 3 is 2.40 bits per heavy atom. The fourth-order valence-electron chi connectivity index (χ4n) is 1.80. The molecule has 106 valence electrons. The highest BCUT2D eigenvalue weighted by Crippen LogP contribution is 2.28. The molecule has 0 amide bonds. The Kier molecular flexibility index (Phi) is 4.32. The molecule has 0 saturated heterocycles. The fourth-order valence-corrected chi connectivity index (χ4v) is 2.11. The third-order valence-corrected chi connectivity index (χ3v) is 3.44. The Balaban J connectivity index is 2.30. The van der Waals surface area contributed by atoms with Crippen LogP contribution in [0.15, 0.2) is 34.8 Å². The van der Waals surface area contributed by atoms with Crippen molar-refractivity contribution in [3.05, 3.63) is 63.6 Å². The van der Waals surface area contributed by atoms with Crippen molar-refractivity contribution in [3.63, 3.8) is 0 Å². The van der Waals surface area contributed by atoms with Crippen molar-refractivity contribution in [3.8, 4) is 0 Å². The Hall–Kier alpha value is -1.56. The summed E-state index contributed by atoms with van der Waals surface area (Å²) in [4.78, 5) is 0. The van der Waals surface area contributed by atoms with Gasteiger partial charge >= 0.3 is 0 Å². The van der Waals surface area contributed by atoms with E-state index in [-0.39, 0.29) is 15.7 Å². The van der Waals surface area contributed by atoms with Gasteiger partial charge in [-0.3, -0.25) is 0 Å². The number of hydrogen-bond acceptors (Lipinski definition) is 1. The largest absolute Gasteiger partial charge is 0.376 e. The lowest BCUT2D eigenvalue weighted by Crippen LogP contribution is -2.11. The van der Waals surface area contributed by atoms with Gasteiger partial charge in [-0.25, -0.2) is 17.6 Å². The summed E-state index contributed by atoms with van der Waals surface area (Å²) in [5.74, 6) is -3.34. The first-order valence-corrected chi connectivity index (χ1v) is 6.54. The quantitative estimate of drug-likeness (QED) is 0.595. The molecule has 0 fully saturated rings. The molecule has 1 atom stereocenters. The van der Waals surface area contributed by atoms with E-state index < -0.39 is 29.3 Å². The first-order chi connectivity index (χ1) is 9.40. The van der Waals surface area contributed by atoms with Crippen molar-refractivity contribution < 1.29 is 17.6 Å². The first kappa shape index (κ1) is 14.8. The Morgan fingerprint density at radius 1 is 1.00 bits per heavy atom. The molecule has 1 nitrogen and oxygen atoms in total. The van der Waals surface area contributed by atoms with Crippen LogP contribution in [-0.4, -0.2) is 0 Å². The van der Waals surface area contributed by atoms with Gasteiger partial charge in [0.25, 0.3) is 0 Å². The van der Waals surface area contributed by atoms with E-state index in [2.05, 4.69) is 21.2 Å². The van der Waals surface area contributed by atoms with Crippen molar-refractivity contribution in [1.82, 2.24) is 0 Å². The lowest BCUT2D eigenvalue weighted by atomic mass is 10.1. The molecule has 2 aromatic rings. The van der Waals surface area contributed by atoms with Crippen molar-refractivity contribution >= 4 is 21.6 Å². The molecule has 0 bridgehead atoms. The normalized spacial score (nSPS) is 12.3. The van der Waals surface area contributed by atoms with Crippen molar-refractivity contribution in [2.45, 2.75) is 13.0 Å². The molecule has 0 heterocycles. The molecule has 0 aliphatic rings. The molecule has 2 aromatic carbocycles. The van der Waals surface area contributed by atoms with Gasteiger partial charge in [0.2, 0.25) is 0 Å². The molecular formula is C14H10BrF4N. The van der Waals surface area contributed by atoms with Crippen LogP contribution < -0.4 is 5.32 Å². The Labute approximate surface area is 121 Å². The van der Waals surface area contributed by atoms with Crippen molar-refractivity contribution in [2.75, 3.05) is 5.32 Å². The zero-order valence-electron chi connectivity index (χ0n) is 10.4. The lowest BCUT2D eigenvalue weighted by Gasteiger charge is -2.17. The van der Waals surface area contributed by atoms with Gasteiger partial charge in [-0.05, 0) is 35.0 Å². The van der Waals surface area contributed by atoms with E-state index in [9.17, 15) is 17.6 Å². The van der Waals surface area contributed by atoms with Crippen LogP contribution >= 0.6 is 15.9 Å². The van der Waals surface area contributed by atoms with E-state index in [1.54, 1.807) is 0 Å². The summed E-state index contributed by atoms with van der Waals surface area (Å²) >= 11 is 2.86. The smallest absolute Gasteiger partial charge is 0.164 e. The molecule has 1 N–H and O–H groups in total. The maximum atomic E-state index is 13.7. The van der Waals surface area contributed by atoms with Gasteiger partial charge in [-0.2, -0.15) is 0 Å². The van der Waals surface area contributed by atoms with Gasteiger partial charge in [-0.1, -0.05) is 12.1 Å². The minimum Gasteiger partial charge on any atom is -0.376 e. The molecule has 0 spiro atoms. The summed E-state index contributed by atoms with van der Waals surface area (Å²) < 4.78 is 53.8. The molecule has 2 rings (SSSR count). The number of benzene rings is 2. The van der Waals surface area contributed by atoms with Crippen LogP contribution in [0.4, 0.5) is 23.2 Å². The summed E-state index contributed by atoms with van der Waals surface area (Å²) in [6.45, 7) is 1.53. The van der Waals surface area contributed by atoms with Crippen LogP contribution in [0.2, 0.25) is 0 Å². The SMILES string of the molecule is CC(Nc1cc(F)c(Br)cc1F)c1cccc(F)c1F. The zero-order chi connectivity index (χ0) is 14.9. The molecule has 20 heavy (non-hydrogen) atoms. The van der Waals surface area contributed by atoms with Gasteiger partial charge in [0.1, 0.15) is 11.6 Å². The summed E-state index contributed by atoms with van der Waals surface area (Å²) in [6.07, 6.45) is 0. The predicted molar refractivity (Wildman–Crippen MR) is 72.5 cm³/mol. The second-order valence-electron chi connectivity index (χ2n) is 4.26. The van der Waals surface area contributed by atoms with E-state index in [4.69, 9.17) is 0 Å². The number of nitrogens with one attached hydrogen (secondary N) is 1. The van der Waals surface area contributed by atoms with Crippen molar-refractivity contribution in [2.24, 2.45) is 0 Å². The zero-order valence-corrected chi connectivity index (χ0v) is 11.9. The van der Waals surface area contributed by atoms with E-state index in [1.807, 2.05) is 0 Å². The third-order valence-electron chi connectivity index (χ3n) is 2.83. The number of halogens is 5. The minimum absolute atomic E-state index is 0.00913. The van der Waals surface area contributed by atoms with Crippen LogP contribution in [0.5, 0.6) is 0 Å². The highest BCUT2D eigenvalue weighted by Gasteiger charge is 2.16.